The molecule has 3 heteroatoms. The van der Waals surface area contributed by atoms with Crippen molar-refractivity contribution in [2.45, 2.75) is 52.0 Å². The van der Waals surface area contributed by atoms with Gasteiger partial charge < -0.3 is 5.32 Å². The van der Waals surface area contributed by atoms with Crippen LogP contribution in [0.5, 0.6) is 0 Å². The van der Waals surface area contributed by atoms with Gasteiger partial charge in [-0.2, -0.15) is 5.10 Å². The number of rotatable bonds is 5. The van der Waals surface area contributed by atoms with Gasteiger partial charge in [-0.25, -0.2) is 0 Å². The lowest BCUT2D eigenvalue weighted by Gasteiger charge is -2.34. The van der Waals surface area contributed by atoms with Crippen LogP contribution in [0.1, 0.15) is 45.2 Å². The van der Waals surface area contributed by atoms with Gasteiger partial charge in [-0.1, -0.05) is 20.3 Å². The molecule has 0 bridgehead atoms. The number of hydrogen-bond donors (Lipinski definition) is 1. The highest BCUT2D eigenvalue weighted by Crippen LogP contribution is 2.45. The SMILES string of the molecule is CNC(CCc1ccnn1C)C1CCCC1(C)C. The minimum atomic E-state index is 0.500. The number of nitrogens with zero attached hydrogens (tertiary/aromatic N) is 2. The molecule has 18 heavy (non-hydrogen) atoms. The monoisotopic (exact) mass is 249 g/mol. The lowest BCUT2D eigenvalue weighted by atomic mass is 9.76. The Labute approximate surface area is 111 Å². The predicted molar refractivity (Wildman–Crippen MR) is 75.5 cm³/mol. The van der Waals surface area contributed by atoms with Crippen LogP contribution in [0.4, 0.5) is 0 Å². The van der Waals surface area contributed by atoms with E-state index in [1.807, 2.05) is 17.9 Å². The summed E-state index contributed by atoms with van der Waals surface area (Å²) in [6.07, 6.45) is 8.37. The number of aryl methyl sites for hydroxylation is 2. The average molecular weight is 249 g/mol. The molecule has 1 heterocycles. The molecule has 3 nitrogen and oxygen atoms in total. The molecule has 1 fully saturated rings. The fourth-order valence-corrected chi connectivity index (χ4v) is 3.60. The summed E-state index contributed by atoms with van der Waals surface area (Å²) in [5.41, 5.74) is 1.84. The summed E-state index contributed by atoms with van der Waals surface area (Å²) in [6, 6.07) is 2.77. The molecule has 0 amide bonds. The van der Waals surface area contributed by atoms with Crippen molar-refractivity contribution < 1.29 is 0 Å². The number of nitrogens with one attached hydrogen (secondary N) is 1. The van der Waals surface area contributed by atoms with Crippen molar-refractivity contribution in [3.63, 3.8) is 0 Å². The van der Waals surface area contributed by atoms with Gasteiger partial charge >= 0.3 is 0 Å². The topological polar surface area (TPSA) is 29.9 Å². The third-order valence-electron chi connectivity index (χ3n) is 4.83. The zero-order valence-corrected chi connectivity index (χ0v) is 12.2. The second-order valence-corrected chi connectivity index (χ2v) is 6.37. The maximum atomic E-state index is 4.24. The van der Waals surface area contributed by atoms with E-state index in [0.29, 0.717) is 11.5 Å². The zero-order valence-electron chi connectivity index (χ0n) is 12.2. The minimum Gasteiger partial charge on any atom is -0.317 e. The van der Waals surface area contributed by atoms with E-state index in [9.17, 15) is 0 Å². The summed E-state index contributed by atoms with van der Waals surface area (Å²) >= 11 is 0. The Hall–Kier alpha value is -0.830. The van der Waals surface area contributed by atoms with E-state index in [1.54, 1.807) is 0 Å². The summed E-state index contributed by atoms with van der Waals surface area (Å²) in [6.45, 7) is 4.86. The van der Waals surface area contributed by atoms with Crippen molar-refractivity contribution in [2.75, 3.05) is 7.05 Å². The predicted octanol–water partition coefficient (Wildman–Crippen LogP) is 2.77. The minimum absolute atomic E-state index is 0.500. The molecule has 0 saturated heterocycles. The van der Waals surface area contributed by atoms with E-state index in [1.165, 1.54) is 31.4 Å². The summed E-state index contributed by atoms with van der Waals surface area (Å²) in [7, 11) is 4.14. The third-order valence-corrected chi connectivity index (χ3v) is 4.83. The van der Waals surface area contributed by atoms with Crippen LogP contribution in [-0.4, -0.2) is 22.9 Å². The van der Waals surface area contributed by atoms with Crippen LogP contribution in [0.15, 0.2) is 12.3 Å². The zero-order chi connectivity index (χ0) is 13.2. The first-order valence-corrected chi connectivity index (χ1v) is 7.19. The molecule has 0 aromatic carbocycles. The molecule has 0 radical (unpaired) electrons. The first-order valence-electron chi connectivity index (χ1n) is 7.19. The Kier molecular flexibility index (Phi) is 4.10. The van der Waals surface area contributed by atoms with Crippen LogP contribution in [-0.2, 0) is 13.5 Å². The van der Waals surface area contributed by atoms with E-state index in [4.69, 9.17) is 0 Å². The Balaban J connectivity index is 1.96. The second-order valence-electron chi connectivity index (χ2n) is 6.37. The molecule has 2 rings (SSSR count). The average Bonchev–Trinajstić information content (AvgIpc) is 2.87. The normalized spacial score (nSPS) is 24.3. The molecule has 1 saturated carbocycles. The second kappa shape index (κ2) is 5.43. The molecule has 0 spiro atoms. The van der Waals surface area contributed by atoms with Gasteiger partial charge in [-0.15, -0.1) is 0 Å². The fraction of sp³-hybridized carbons (Fsp3) is 0.800. The molecule has 102 valence electrons. The molecule has 1 aliphatic rings. The molecule has 0 aliphatic heterocycles. The van der Waals surface area contributed by atoms with Crippen molar-refractivity contribution in [3.8, 4) is 0 Å². The van der Waals surface area contributed by atoms with Gasteiger partial charge in [0.25, 0.3) is 0 Å². The standard InChI is InChI=1S/C15H27N3/c1-15(2)10-5-6-13(15)14(16-3)8-7-12-9-11-17-18(12)4/h9,11,13-14,16H,5-8,10H2,1-4H3. The Morgan fingerprint density at radius 2 is 2.33 bits per heavy atom. The van der Waals surface area contributed by atoms with Gasteiger partial charge in [0, 0.05) is 25.0 Å². The van der Waals surface area contributed by atoms with Crippen molar-refractivity contribution in [1.82, 2.24) is 15.1 Å². The van der Waals surface area contributed by atoms with Crippen LogP contribution in [0.25, 0.3) is 0 Å². The quantitative estimate of drug-likeness (QED) is 0.869. The summed E-state index contributed by atoms with van der Waals surface area (Å²) in [5, 5.41) is 7.79. The van der Waals surface area contributed by atoms with Crippen molar-refractivity contribution >= 4 is 0 Å². The highest BCUT2D eigenvalue weighted by molar-refractivity contribution is 5.01. The first-order chi connectivity index (χ1) is 8.54. The fourth-order valence-electron chi connectivity index (χ4n) is 3.60. The van der Waals surface area contributed by atoms with E-state index in [2.05, 4.69) is 37.4 Å². The Bertz CT molecular complexity index is 381. The molecule has 2 atom stereocenters. The van der Waals surface area contributed by atoms with Gasteiger partial charge in [-0.05, 0) is 50.1 Å². The molecule has 1 aromatic rings. The molecular weight excluding hydrogens is 222 g/mol. The maximum absolute atomic E-state index is 4.24. The smallest absolute Gasteiger partial charge is 0.0492 e. The Morgan fingerprint density at radius 1 is 1.56 bits per heavy atom. The van der Waals surface area contributed by atoms with E-state index in [-0.39, 0.29) is 0 Å². The largest absolute Gasteiger partial charge is 0.317 e. The van der Waals surface area contributed by atoms with Crippen LogP contribution in [0.2, 0.25) is 0 Å². The van der Waals surface area contributed by atoms with Gasteiger partial charge in [0.05, 0.1) is 0 Å². The summed E-state index contributed by atoms with van der Waals surface area (Å²) in [4.78, 5) is 0. The molecule has 2 unspecified atom stereocenters. The van der Waals surface area contributed by atoms with Crippen molar-refractivity contribution in [2.24, 2.45) is 18.4 Å². The van der Waals surface area contributed by atoms with Crippen LogP contribution in [0.3, 0.4) is 0 Å². The highest BCUT2D eigenvalue weighted by Gasteiger charge is 2.38. The van der Waals surface area contributed by atoms with Crippen LogP contribution < -0.4 is 5.32 Å². The van der Waals surface area contributed by atoms with Gasteiger partial charge in [-0.3, -0.25) is 4.68 Å². The first kappa shape index (κ1) is 13.6. The van der Waals surface area contributed by atoms with Crippen molar-refractivity contribution in [1.29, 1.82) is 0 Å². The molecule has 1 N–H and O–H groups in total. The van der Waals surface area contributed by atoms with Crippen LogP contribution >= 0.6 is 0 Å². The van der Waals surface area contributed by atoms with E-state index < -0.39 is 0 Å². The molecule has 1 aliphatic carbocycles. The van der Waals surface area contributed by atoms with Crippen molar-refractivity contribution in [3.05, 3.63) is 18.0 Å². The number of aromatic nitrogens is 2. The molecule has 1 aromatic heterocycles. The lowest BCUT2D eigenvalue weighted by Crippen LogP contribution is -2.39. The van der Waals surface area contributed by atoms with Gasteiger partial charge in [0.15, 0.2) is 0 Å². The summed E-state index contributed by atoms with van der Waals surface area (Å²) in [5.74, 6) is 0.815. The van der Waals surface area contributed by atoms with E-state index >= 15 is 0 Å². The van der Waals surface area contributed by atoms with Gasteiger partial charge in [0.2, 0.25) is 0 Å². The third kappa shape index (κ3) is 2.77. The number of hydrogen-bond acceptors (Lipinski definition) is 2. The Morgan fingerprint density at radius 3 is 2.83 bits per heavy atom. The van der Waals surface area contributed by atoms with Gasteiger partial charge in [0.1, 0.15) is 0 Å². The lowest BCUT2D eigenvalue weighted by molar-refractivity contribution is 0.195. The maximum Gasteiger partial charge on any atom is 0.0492 e. The van der Waals surface area contributed by atoms with Crippen LogP contribution in [0, 0.1) is 11.3 Å². The molecular formula is C15H27N3. The summed E-state index contributed by atoms with van der Waals surface area (Å²) < 4.78 is 1.99. The van der Waals surface area contributed by atoms with E-state index in [0.717, 1.165) is 12.3 Å². The highest BCUT2D eigenvalue weighted by atomic mass is 15.2.